The summed E-state index contributed by atoms with van der Waals surface area (Å²) >= 11 is 0. The van der Waals surface area contributed by atoms with E-state index in [1.165, 1.54) is 62.9 Å². The van der Waals surface area contributed by atoms with Crippen LogP contribution in [0.25, 0.3) is 0 Å². The number of aliphatic hydroxyl groups excluding tert-OH is 1. The molecule has 1 fully saturated rings. The number of cyclic esters (lactones) is 2. The number of carbonyl (C=O) groups excluding carboxylic acids is 10. The average molecular weight is 962 g/mol. The van der Waals surface area contributed by atoms with Crippen molar-refractivity contribution in [2.75, 3.05) is 28.3 Å². The first-order valence-electron chi connectivity index (χ1n) is 22.4. The molecule has 0 aromatic heterocycles. The number of esters is 3. The molecule has 68 heavy (non-hydrogen) atoms. The van der Waals surface area contributed by atoms with Gasteiger partial charge in [0, 0.05) is 48.5 Å². The number of nitrogens with one attached hydrogen (secondary N) is 4. The fourth-order valence-electron chi connectivity index (χ4n) is 7.18. The zero-order chi connectivity index (χ0) is 52.1. The molecule has 0 radical (unpaired) electrons. The molecule has 5 N–H and O–H groups in total. The Morgan fingerprint density at radius 2 is 1.28 bits per heavy atom. The highest BCUT2D eigenvalue weighted by Crippen LogP contribution is 2.22. The fraction of sp³-hybridized carbons (Fsp3) is 0.652. The van der Waals surface area contributed by atoms with Gasteiger partial charge in [-0.05, 0) is 52.0 Å². The van der Waals surface area contributed by atoms with Gasteiger partial charge >= 0.3 is 17.9 Å². The number of hydrogen-bond acceptors (Lipinski definition) is 15. The molecule has 2 rings (SSSR count). The molecule has 1 aliphatic heterocycles. The third kappa shape index (κ3) is 15.4. The first-order chi connectivity index (χ1) is 31.6. The number of ether oxygens (including phenoxy) is 4. The minimum absolute atomic E-state index is 0.189. The minimum atomic E-state index is -1.85. The van der Waals surface area contributed by atoms with E-state index in [9.17, 15) is 53.1 Å². The third-order valence-corrected chi connectivity index (χ3v) is 11.8. The van der Waals surface area contributed by atoms with E-state index >= 15 is 0 Å². The summed E-state index contributed by atoms with van der Waals surface area (Å²) in [7, 11) is 4.97. The Morgan fingerprint density at radius 3 is 1.78 bits per heavy atom. The molecule has 22 nitrogen and oxygen atoms in total. The van der Waals surface area contributed by atoms with E-state index in [-0.39, 0.29) is 6.42 Å². The van der Waals surface area contributed by atoms with Crippen molar-refractivity contribution in [2.24, 2.45) is 11.8 Å². The van der Waals surface area contributed by atoms with Crippen molar-refractivity contribution < 1.29 is 72.0 Å². The van der Waals surface area contributed by atoms with E-state index in [2.05, 4.69) is 21.3 Å². The number of likely N-dealkylation sites (N-methyl/N-ethyl adjacent to an activating group) is 3. The van der Waals surface area contributed by atoms with Gasteiger partial charge in [0.15, 0.2) is 24.2 Å². The van der Waals surface area contributed by atoms with Crippen LogP contribution in [-0.4, -0.2) is 180 Å². The molecule has 1 heterocycles. The molecule has 22 heteroatoms. The number of benzene rings is 1. The molecule has 0 spiro atoms. The summed E-state index contributed by atoms with van der Waals surface area (Å²) in [6, 6.07) is -2.36. The van der Waals surface area contributed by atoms with Gasteiger partial charge in [0.2, 0.25) is 35.4 Å². The lowest BCUT2D eigenvalue weighted by molar-refractivity contribution is -0.174. The number of aliphatic hydroxyl groups is 1. The normalized spacial score (nSPS) is 26.3. The van der Waals surface area contributed by atoms with Crippen LogP contribution in [0.5, 0.6) is 0 Å². The van der Waals surface area contributed by atoms with Gasteiger partial charge in [-0.2, -0.15) is 0 Å². The maximum Gasteiger partial charge on any atom is 0.333 e. The van der Waals surface area contributed by atoms with Crippen molar-refractivity contribution in [1.29, 1.82) is 0 Å². The molecule has 380 valence electrons. The second kappa shape index (κ2) is 25.8. The van der Waals surface area contributed by atoms with Gasteiger partial charge in [-0.3, -0.25) is 33.6 Å². The van der Waals surface area contributed by atoms with Gasteiger partial charge in [-0.1, -0.05) is 58.0 Å². The van der Waals surface area contributed by atoms with Crippen LogP contribution in [-0.2, 0) is 73.3 Å². The van der Waals surface area contributed by atoms with Gasteiger partial charge in [0.1, 0.15) is 36.4 Å². The summed E-state index contributed by atoms with van der Waals surface area (Å²) < 4.78 is 22.9. The number of hydrogen-bond donors (Lipinski definition) is 5. The number of carbonyl (C=O) groups is 10. The van der Waals surface area contributed by atoms with Crippen LogP contribution in [0, 0.1) is 11.8 Å². The summed E-state index contributed by atoms with van der Waals surface area (Å²) in [4.78, 5) is 141. The number of nitrogens with zero attached hydrogens (tertiary/aromatic N) is 3. The van der Waals surface area contributed by atoms with E-state index in [1.54, 1.807) is 58.0 Å². The molecular weight excluding hydrogens is 891 g/mol. The Labute approximate surface area is 397 Å². The molecule has 1 saturated heterocycles. The molecule has 7 amide bonds. The smallest absolute Gasteiger partial charge is 0.333 e. The highest BCUT2D eigenvalue weighted by atomic mass is 16.6. The topological polar surface area (TPSA) is 286 Å². The van der Waals surface area contributed by atoms with Crippen molar-refractivity contribution >= 4 is 59.3 Å². The molecule has 1 aromatic carbocycles. The predicted molar refractivity (Wildman–Crippen MR) is 243 cm³/mol. The zero-order valence-electron chi connectivity index (χ0n) is 41.7. The van der Waals surface area contributed by atoms with Crippen LogP contribution in [0.4, 0.5) is 0 Å². The summed E-state index contributed by atoms with van der Waals surface area (Å²) in [5.41, 5.74) is 0.555. The lowest BCUT2D eigenvalue weighted by atomic mass is 9.95. The predicted octanol–water partition coefficient (Wildman–Crippen LogP) is -0.774. The molecular formula is C46H71N7O15. The number of rotatable bonds is 12. The van der Waals surface area contributed by atoms with Crippen molar-refractivity contribution in [3.63, 3.8) is 0 Å². The number of amides is 7. The molecule has 0 saturated carbocycles. The molecule has 1 aromatic rings. The molecule has 1 aliphatic rings. The van der Waals surface area contributed by atoms with E-state index in [0.29, 0.717) is 5.56 Å². The first kappa shape index (κ1) is 58.0. The quantitative estimate of drug-likeness (QED) is 0.127. The van der Waals surface area contributed by atoms with E-state index < -0.39 is 144 Å². The minimum Gasteiger partial charge on any atom is -0.458 e. The van der Waals surface area contributed by atoms with E-state index in [0.717, 1.165) is 28.5 Å². The van der Waals surface area contributed by atoms with Crippen molar-refractivity contribution in [3.05, 3.63) is 35.9 Å². The van der Waals surface area contributed by atoms with Gasteiger partial charge < -0.3 is 60.0 Å². The second-order valence-electron chi connectivity index (χ2n) is 17.8. The van der Waals surface area contributed by atoms with Gasteiger partial charge in [0.05, 0.1) is 12.2 Å². The van der Waals surface area contributed by atoms with Crippen LogP contribution in [0.15, 0.2) is 30.3 Å². The molecule has 0 unspecified atom stereocenters. The zero-order valence-corrected chi connectivity index (χ0v) is 41.7. The van der Waals surface area contributed by atoms with Crippen LogP contribution >= 0.6 is 0 Å². The van der Waals surface area contributed by atoms with Gasteiger partial charge in [-0.25, -0.2) is 14.4 Å². The van der Waals surface area contributed by atoms with Crippen molar-refractivity contribution in [3.8, 4) is 0 Å². The first-order valence-corrected chi connectivity index (χ1v) is 22.4. The van der Waals surface area contributed by atoms with Crippen LogP contribution in [0.1, 0.15) is 81.7 Å². The Bertz CT molecular complexity index is 1980. The largest absolute Gasteiger partial charge is 0.458 e. The summed E-state index contributed by atoms with van der Waals surface area (Å²) in [6.45, 7) is 15.2. The molecule has 0 bridgehead atoms. The number of methoxy groups -OCH3 is 1. The second-order valence-corrected chi connectivity index (χ2v) is 17.8. The maximum atomic E-state index is 14.9. The summed E-state index contributed by atoms with van der Waals surface area (Å²) in [5.74, 6) is -10.8. The highest BCUT2D eigenvalue weighted by Gasteiger charge is 2.46. The lowest BCUT2D eigenvalue weighted by Gasteiger charge is -2.38. The van der Waals surface area contributed by atoms with Gasteiger partial charge in [0.25, 0.3) is 5.91 Å². The van der Waals surface area contributed by atoms with Crippen LogP contribution < -0.4 is 21.3 Å². The Kier molecular flexibility index (Phi) is 22.0. The highest BCUT2D eigenvalue weighted by molar-refractivity contribution is 5.97. The maximum absolute atomic E-state index is 14.9. The summed E-state index contributed by atoms with van der Waals surface area (Å²) in [5, 5.41) is 20.8. The Hall–Kier alpha value is -6.16. The monoisotopic (exact) mass is 962 g/mol. The van der Waals surface area contributed by atoms with E-state index in [4.69, 9.17) is 18.9 Å². The van der Waals surface area contributed by atoms with Gasteiger partial charge in [-0.15, -0.1) is 0 Å². The standard InChI is InChI=1S/C46H71N7O15/c1-22(2)37(56)34(49-30(11)55)45(63)68-38(23(3)4)35-43(61)53(14)36(28(9)65-15)46(64)66-27(8)33(48-29(10)54)44(62)67-32(21-31-19-17-16-18-20-31)42(60)52(13)25(6)39(57)47-24(5)41(59)51(12)26(7)40(58)50-35/h16-20,22-28,32-38,56H,21H2,1-15H3,(H,47,57)(H,48,54)(H,49,55)(H,50,58)/t24-,25+,26-,27+,28+,32+,33-,34-,35-,36-,37+,38+/m0/s1. The average Bonchev–Trinajstić information content (AvgIpc) is 3.27. The van der Waals surface area contributed by atoms with Crippen molar-refractivity contribution in [2.45, 2.75) is 155 Å². The molecule has 0 aliphatic carbocycles. The fourth-order valence-corrected chi connectivity index (χ4v) is 7.18. The molecule has 12 atom stereocenters. The van der Waals surface area contributed by atoms with Crippen molar-refractivity contribution in [1.82, 2.24) is 36.0 Å². The third-order valence-electron chi connectivity index (χ3n) is 11.8. The SMILES string of the molecule is CO[C@H](C)[C@H]1C(=O)O[C@H](C)[C@H](NC(C)=O)C(=O)O[C@H](Cc2ccccc2)C(=O)N(C)[C@H](C)C(=O)N[C@@H](C)C(=O)N(C)[C@@H](C)C(=O)N[C@@H]([C@H](OC(=O)[C@@H](NC(C)=O)[C@H](O)C(C)C)C(C)C)C(=O)N1C. The van der Waals surface area contributed by atoms with E-state index in [1.807, 2.05) is 0 Å². The Balaban J connectivity index is 2.89. The Morgan fingerprint density at radius 1 is 0.735 bits per heavy atom. The summed E-state index contributed by atoms with van der Waals surface area (Å²) in [6.07, 6.45) is -7.54. The lowest BCUT2D eigenvalue weighted by Crippen LogP contribution is -2.64. The van der Waals surface area contributed by atoms with Crippen LogP contribution in [0.3, 0.4) is 0 Å². The van der Waals surface area contributed by atoms with Crippen LogP contribution in [0.2, 0.25) is 0 Å².